The summed E-state index contributed by atoms with van der Waals surface area (Å²) in [6.45, 7) is 7.80. The molecule has 6 nitrogen and oxygen atoms in total. The van der Waals surface area contributed by atoms with Gasteiger partial charge in [-0.15, -0.1) is 0 Å². The van der Waals surface area contributed by atoms with Gasteiger partial charge in [-0.05, 0) is 74.6 Å². The van der Waals surface area contributed by atoms with E-state index in [4.69, 9.17) is 10.5 Å². The maximum absolute atomic E-state index is 14.7. The number of aromatic nitrogens is 2. The normalized spacial score (nSPS) is 17.6. The molecule has 0 saturated heterocycles. The first kappa shape index (κ1) is 25.8. The molecule has 3 aromatic rings. The van der Waals surface area contributed by atoms with Crippen molar-refractivity contribution in [2.24, 2.45) is 5.73 Å². The van der Waals surface area contributed by atoms with Crippen molar-refractivity contribution >= 4 is 5.91 Å². The average Bonchev–Trinajstić information content (AvgIpc) is 3.36. The van der Waals surface area contributed by atoms with Gasteiger partial charge in [0, 0.05) is 18.2 Å². The molecule has 1 heterocycles. The van der Waals surface area contributed by atoms with Gasteiger partial charge in [-0.2, -0.15) is 18.3 Å². The first-order chi connectivity index (χ1) is 16.6. The zero-order valence-electron chi connectivity index (χ0n) is 20.9. The van der Waals surface area contributed by atoms with Crippen molar-refractivity contribution in [2.75, 3.05) is 6.61 Å². The first-order valence-corrected chi connectivity index (χ1v) is 11.6. The number of ether oxygens (including phenoxy) is 1. The maximum Gasteiger partial charge on any atom is 0.402 e. The number of amides is 1. The molecule has 2 aromatic carbocycles. The summed E-state index contributed by atoms with van der Waals surface area (Å²) < 4.78 is 51.3. The van der Waals surface area contributed by atoms with Crippen LogP contribution in [-0.2, 0) is 15.7 Å². The molecule has 1 aliphatic rings. The second-order valence-electron chi connectivity index (χ2n) is 10.6. The van der Waals surface area contributed by atoms with E-state index in [2.05, 4.69) is 5.10 Å². The highest BCUT2D eigenvalue weighted by molar-refractivity contribution is 5.93. The van der Waals surface area contributed by atoms with Crippen molar-refractivity contribution in [1.29, 1.82) is 0 Å². The molecule has 9 heteroatoms. The van der Waals surface area contributed by atoms with Crippen molar-refractivity contribution in [3.63, 3.8) is 0 Å². The smallest absolute Gasteiger partial charge is 0.402 e. The van der Waals surface area contributed by atoms with E-state index >= 15 is 0 Å². The molecule has 1 amide bonds. The lowest BCUT2D eigenvalue weighted by molar-refractivity contribution is -0.172. The SMILES string of the molecule is CC(C)(O)CCOc1cc(-c2cnn(C(C)(C)C(N)=O)c2)c2c(c1)[C@@](C)(C(F)(F)F)c1ccccc1-2. The standard InChI is InChI=1S/C27H30F3N3O3/c1-24(2,35)10-11-36-17-12-19(16-14-32-33(15-16)25(3,4)23(31)34)22-18-8-6-7-9-20(18)26(5,21(22)13-17)27(28,29)30/h6-9,12-15,35H,10-11H2,1-5H3,(H2,31,34)/t26-/m0/s1. The van der Waals surface area contributed by atoms with Gasteiger partial charge < -0.3 is 15.6 Å². The number of nitrogens with two attached hydrogens (primary N) is 1. The van der Waals surface area contributed by atoms with Gasteiger partial charge in [-0.3, -0.25) is 9.48 Å². The third-order valence-corrected chi connectivity index (χ3v) is 7.00. The lowest BCUT2D eigenvalue weighted by Crippen LogP contribution is -2.41. The molecule has 0 bridgehead atoms. The van der Waals surface area contributed by atoms with Crippen LogP contribution in [0, 0.1) is 0 Å². The predicted octanol–water partition coefficient (Wildman–Crippen LogP) is 5.16. The van der Waals surface area contributed by atoms with E-state index in [9.17, 15) is 23.1 Å². The molecule has 0 radical (unpaired) electrons. The Hall–Kier alpha value is -3.33. The summed E-state index contributed by atoms with van der Waals surface area (Å²) in [7, 11) is 0. The molecule has 0 fully saturated rings. The molecule has 1 aromatic heterocycles. The number of rotatable bonds is 7. The summed E-state index contributed by atoms with van der Waals surface area (Å²) in [5, 5.41) is 14.3. The van der Waals surface area contributed by atoms with Crippen molar-refractivity contribution in [1.82, 2.24) is 9.78 Å². The van der Waals surface area contributed by atoms with Crippen LogP contribution in [0.4, 0.5) is 13.2 Å². The van der Waals surface area contributed by atoms with Crippen LogP contribution in [0.15, 0.2) is 48.8 Å². The molecule has 0 saturated carbocycles. The van der Waals surface area contributed by atoms with Crippen molar-refractivity contribution in [2.45, 2.75) is 63.8 Å². The van der Waals surface area contributed by atoms with E-state index in [1.54, 1.807) is 58.2 Å². The van der Waals surface area contributed by atoms with Gasteiger partial charge >= 0.3 is 6.18 Å². The zero-order chi connectivity index (χ0) is 26.7. The lowest BCUT2D eigenvalue weighted by atomic mass is 9.79. The summed E-state index contributed by atoms with van der Waals surface area (Å²) >= 11 is 0. The quantitative estimate of drug-likeness (QED) is 0.468. The fourth-order valence-corrected chi connectivity index (χ4v) is 4.50. The molecule has 36 heavy (non-hydrogen) atoms. The minimum absolute atomic E-state index is 0.0777. The number of carbonyl (C=O) groups excluding carboxylic acids is 1. The van der Waals surface area contributed by atoms with E-state index in [-0.39, 0.29) is 23.5 Å². The molecule has 0 aliphatic heterocycles. The number of carbonyl (C=O) groups is 1. The molecule has 4 rings (SSSR count). The van der Waals surface area contributed by atoms with Gasteiger partial charge in [0.25, 0.3) is 0 Å². The van der Waals surface area contributed by atoms with Crippen LogP contribution in [0.5, 0.6) is 5.75 Å². The highest BCUT2D eigenvalue weighted by Gasteiger charge is 2.58. The summed E-state index contributed by atoms with van der Waals surface area (Å²) in [6.07, 6.45) is -1.17. The van der Waals surface area contributed by atoms with Gasteiger partial charge in [0.15, 0.2) is 0 Å². The number of fused-ring (bicyclic) bond motifs is 3. The molecule has 0 spiro atoms. The van der Waals surface area contributed by atoms with Gasteiger partial charge in [-0.1, -0.05) is 24.3 Å². The summed E-state index contributed by atoms with van der Waals surface area (Å²) in [5.74, 6) is -0.348. The largest absolute Gasteiger partial charge is 0.493 e. The number of nitrogens with zero attached hydrogens (tertiary/aromatic N) is 2. The lowest BCUT2D eigenvalue weighted by Gasteiger charge is -2.30. The van der Waals surface area contributed by atoms with E-state index < -0.39 is 28.6 Å². The van der Waals surface area contributed by atoms with Crippen molar-refractivity contribution in [3.05, 3.63) is 59.9 Å². The average molecular weight is 502 g/mol. The Labute approximate surface area is 207 Å². The Morgan fingerprint density at radius 1 is 1.11 bits per heavy atom. The number of halogens is 3. The van der Waals surface area contributed by atoms with Crippen LogP contribution in [0.1, 0.15) is 52.2 Å². The van der Waals surface area contributed by atoms with Gasteiger partial charge in [-0.25, -0.2) is 0 Å². The molecular weight excluding hydrogens is 471 g/mol. The number of primary amides is 1. The minimum Gasteiger partial charge on any atom is -0.493 e. The van der Waals surface area contributed by atoms with E-state index in [1.165, 1.54) is 29.9 Å². The predicted molar refractivity (Wildman–Crippen MR) is 131 cm³/mol. The van der Waals surface area contributed by atoms with Crippen LogP contribution >= 0.6 is 0 Å². The van der Waals surface area contributed by atoms with Crippen LogP contribution in [0.25, 0.3) is 22.3 Å². The van der Waals surface area contributed by atoms with Gasteiger partial charge in [0.2, 0.25) is 5.91 Å². The Morgan fingerprint density at radius 3 is 2.39 bits per heavy atom. The molecule has 1 aliphatic carbocycles. The van der Waals surface area contributed by atoms with Crippen LogP contribution < -0.4 is 10.5 Å². The third-order valence-electron chi connectivity index (χ3n) is 7.00. The van der Waals surface area contributed by atoms with Gasteiger partial charge in [0.05, 0.1) is 18.4 Å². The van der Waals surface area contributed by atoms with Crippen molar-refractivity contribution < 1.29 is 27.8 Å². The summed E-state index contributed by atoms with van der Waals surface area (Å²) in [5.41, 5.74) is 3.33. The molecule has 3 N–H and O–H groups in total. The molecular formula is C27H30F3N3O3. The Morgan fingerprint density at radius 2 is 1.78 bits per heavy atom. The topological polar surface area (TPSA) is 90.4 Å². The Balaban J connectivity index is 1.95. The molecule has 0 unspecified atom stereocenters. The van der Waals surface area contributed by atoms with Crippen LogP contribution in [-0.4, -0.2) is 39.2 Å². The minimum atomic E-state index is -4.57. The fraction of sp³-hybridized carbons (Fsp3) is 0.407. The van der Waals surface area contributed by atoms with E-state index in [1.807, 2.05) is 0 Å². The Bertz CT molecular complexity index is 1320. The summed E-state index contributed by atoms with van der Waals surface area (Å²) in [4.78, 5) is 12.0. The monoisotopic (exact) mass is 501 g/mol. The first-order valence-electron chi connectivity index (χ1n) is 11.6. The number of hydrogen-bond donors (Lipinski definition) is 2. The highest BCUT2D eigenvalue weighted by atomic mass is 19.4. The molecule has 192 valence electrons. The van der Waals surface area contributed by atoms with E-state index in [0.29, 0.717) is 28.7 Å². The van der Waals surface area contributed by atoms with E-state index in [0.717, 1.165) is 0 Å². The van der Waals surface area contributed by atoms with Crippen LogP contribution in [0.3, 0.4) is 0 Å². The van der Waals surface area contributed by atoms with Crippen LogP contribution in [0.2, 0.25) is 0 Å². The molecule has 1 atom stereocenters. The second-order valence-corrected chi connectivity index (χ2v) is 10.6. The number of benzene rings is 2. The highest BCUT2D eigenvalue weighted by Crippen LogP contribution is 2.59. The number of hydrogen-bond acceptors (Lipinski definition) is 4. The maximum atomic E-state index is 14.7. The fourth-order valence-electron chi connectivity index (χ4n) is 4.50. The third kappa shape index (κ3) is 4.15. The zero-order valence-corrected chi connectivity index (χ0v) is 20.9. The second kappa shape index (κ2) is 8.37. The number of aliphatic hydroxyl groups is 1. The summed E-state index contributed by atoms with van der Waals surface area (Å²) in [6, 6.07) is 9.61. The van der Waals surface area contributed by atoms with Gasteiger partial charge in [0.1, 0.15) is 16.7 Å². The van der Waals surface area contributed by atoms with Crippen molar-refractivity contribution in [3.8, 4) is 28.0 Å². The number of alkyl halides is 3. The Kier molecular flexibility index (Phi) is 5.99.